The lowest BCUT2D eigenvalue weighted by atomic mass is 10.0. The lowest BCUT2D eigenvalue weighted by Gasteiger charge is -2.41. The highest BCUT2D eigenvalue weighted by Gasteiger charge is 2.49. The molecule has 1 saturated heterocycles. The summed E-state index contributed by atoms with van der Waals surface area (Å²) in [6.07, 6.45) is 2.18. The summed E-state index contributed by atoms with van der Waals surface area (Å²) >= 11 is 2.39. The van der Waals surface area contributed by atoms with Gasteiger partial charge >= 0.3 is 33.9 Å². The maximum absolute atomic E-state index is 12.9. The standard InChI is InChI=1S/C27H34N6O4S.C10H10F3N3O5S2/c1-27(2,3)37-25(34)32-13-11-21-22(17-32)29-24(38-4)30-23(21)31-14-15-33(20(16-31)10-12-28)26(35)36-18-19-8-6-5-7-9-19;1-22-8-14-6-4-16(9(17)18)3-2-5(6)7(15-8)21-23(19,20)10(11,12)13/h5-9,20H,10-11,13-18H2,1-4H3;2-4H2,1H3,(H,17,18)/t20-;/m0./s1. The fourth-order valence-electron chi connectivity index (χ4n) is 6.44. The van der Waals surface area contributed by atoms with E-state index in [0.29, 0.717) is 44.3 Å². The Morgan fingerprint density at radius 2 is 1.49 bits per heavy atom. The quantitative estimate of drug-likeness (QED) is 0.124. The second-order valence-corrected chi connectivity index (χ2v) is 17.8. The van der Waals surface area contributed by atoms with Crippen molar-refractivity contribution in [3.8, 4) is 11.9 Å². The number of nitrogens with zero attached hydrogens (tertiary/aromatic N) is 9. The van der Waals surface area contributed by atoms with Crippen molar-refractivity contribution in [1.82, 2.24) is 34.6 Å². The van der Waals surface area contributed by atoms with E-state index < -0.39 is 39.3 Å². The smallest absolute Gasteiger partial charge is 0.465 e. The van der Waals surface area contributed by atoms with E-state index in [1.807, 2.05) is 57.4 Å². The maximum Gasteiger partial charge on any atom is 0.534 e. The van der Waals surface area contributed by atoms with Crippen LogP contribution in [0.1, 0.15) is 55.3 Å². The fraction of sp³-hybridized carbons (Fsp3) is 0.514. The molecule has 3 aliphatic rings. The van der Waals surface area contributed by atoms with Gasteiger partial charge in [-0.05, 0) is 51.7 Å². The van der Waals surface area contributed by atoms with Gasteiger partial charge in [0.25, 0.3) is 0 Å². The number of nitriles is 1. The van der Waals surface area contributed by atoms with E-state index in [0.717, 1.165) is 39.3 Å². The molecule has 2 aromatic heterocycles. The van der Waals surface area contributed by atoms with Gasteiger partial charge in [0.05, 0.1) is 43.0 Å². The van der Waals surface area contributed by atoms with Crippen LogP contribution in [0.3, 0.4) is 0 Å². The topological polar surface area (TPSA) is 222 Å². The van der Waals surface area contributed by atoms with Crippen LogP contribution in [0.25, 0.3) is 0 Å². The van der Waals surface area contributed by atoms with Crippen LogP contribution < -0.4 is 9.08 Å². The van der Waals surface area contributed by atoms with Crippen LogP contribution in [0.5, 0.6) is 5.88 Å². The molecule has 1 aromatic carbocycles. The molecule has 6 rings (SSSR count). The minimum absolute atomic E-state index is 0.0247. The summed E-state index contributed by atoms with van der Waals surface area (Å²) in [5.41, 5.74) is -3.29. The van der Waals surface area contributed by atoms with Crippen molar-refractivity contribution in [2.24, 2.45) is 0 Å². The van der Waals surface area contributed by atoms with Gasteiger partial charge in [0.2, 0.25) is 5.88 Å². The molecule has 1 atom stereocenters. The summed E-state index contributed by atoms with van der Waals surface area (Å²) < 4.78 is 74.9. The third kappa shape index (κ3) is 12.0. The second-order valence-electron chi connectivity index (χ2n) is 14.7. The Bertz CT molecular complexity index is 2250. The summed E-state index contributed by atoms with van der Waals surface area (Å²) in [4.78, 5) is 60.2. The van der Waals surface area contributed by atoms with Crippen LogP contribution >= 0.6 is 23.5 Å². The van der Waals surface area contributed by atoms with Gasteiger partial charge in [-0.3, -0.25) is 0 Å². The number of benzene rings is 1. The number of fused-ring (bicyclic) bond motifs is 2. The number of hydrogen-bond acceptors (Lipinski definition) is 16. The van der Waals surface area contributed by atoms with Crippen molar-refractivity contribution < 1.29 is 54.7 Å². The molecule has 0 bridgehead atoms. The van der Waals surface area contributed by atoms with Crippen molar-refractivity contribution in [2.45, 2.75) is 87.2 Å². The molecule has 3 aromatic rings. The number of alkyl halides is 3. The zero-order valence-corrected chi connectivity index (χ0v) is 36.3. The van der Waals surface area contributed by atoms with Crippen LogP contribution in [-0.4, -0.2) is 129 Å². The number of halogens is 3. The number of rotatable bonds is 8. The normalized spacial score (nSPS) is 16.6. The number of thioether (sulfide) groups is 2. The highest BCUT2D eigenvalue weighted by molar-refractivity contribution is 7.98. The van der Waals surface area contributed by atoms with Gasteiger partial charge in [0, 0.05) is 43.9 Å². The Hall–Kier alpha value is -5.28. The van der Waals surface area contributed by atoms with Crippen LogP contribution in [0.2, 0.25) is 0 Å². The minimum Gasteiger partial charge on any atom is -0.465 e. The maximum atomic E-state index is 12.9. The third-order valence-electron chi connectivity index (χ3n) is 9.34. The average Bonchev–Trinajstić information content (AvgIpc) is 3.21. The number of anilines is 1. The molecule has 3 aliphatic heterocycles. The Kier molecular flexibility index (Phi) is 15.0. The van der Waals surface area contributed by atoms with E-state index >= 15 is 0 Å². The Balaban J connectivity index is 0.000000262. The number of carbonyl (C=O) groups is 3. The SMILES string of the molecule is CSc1nc2c(c(N3CCN(C(=O)OCc4ccccc4)[C@@H](CC#N)C3)n1)CCN(C(=O)OC(C)(C)C)C2.CSc1nc2c(c(OS(=O)(=O)C(F)(F)F)n1)CCN(C(=O)O)C2. The summed E-state index contributed by atoms with van der Waals surface area (Å²) in [6, 6.07) is 11.4. The van der Waals surface area contributed by atoms with Crippen LogP contribution in [0, 0.1) is 11.3 Å². The summed E-state index contributed by atoms with van der Waals surface area (Å²) in [5, 5.41) is 19.0. The second kappa shape index (κ2) is 19.6. The largest absolute Gasteiger partial charge is 0.534 e. The average molecular weight is 912 g/mol. The molecule has 330 valence electrons. The fourth-order valence-corrected chi connectivity index (χ4v) is 7.64. The first-order valence-corrected chi connectivity index (χ1v) is 22.5. The molecule has 0 unspecified atom stereocenters. The van der Waals surface area contributed by atoms with E-state index in [2.05, 4.69) is 25.1 Å². The van der Waals surface area contributed by atoms with Gasteiger partial charge in [-0.2, -0.15) is 31.8 Å². The van der Waals surface area contributed by atoms with Gasteiger partial charge in [0.15, 0.2) is 10.3 Å². The van der Waals surface area contributed by atoms with Gasteiger partial charge in [0.1, 0.15) is 18.0 Å². The van der Waals surface area contributed by atoms with E-state index in [-0.39, 0.29) is 61.1 Å². The number of hydrogen-bond donors (Lipinski definition) is 1. The third-order valence-corrected chi connectivity index (χ3v) is 11.4. The van der Waals surface area contributed by atoms with Gasteiger partial charge < -0.3 is 38.4 Å². The Morgan fingerprint density at radius 3 is 2.10 bits per heavy atom. The van der Waals surface area contributed by atoms with Crippen LogP contribution in [0.15, 0.2) is 40.6 Å². The first-order valence-electron chi connectivity index (χ1n) is 18.7. The van der Waals surface area contributed by atoms with Crippen molar-refractivity contribution in [3.63, 3.8) is 0 Å². The Labute approximate surface area is 358 Å². The van der Waals surface area contributed by atoms with Crippen molar-refractivity contribution in [3.05, 3.63) is 58.4 Å². The van der Waals surface area contributed by atoms with Gasteiger partial charge in [-0.25, -0.2) is 29.3 Å². The van der Waals surface area contributed by atoms with Crippen molar-refractivity contribution in [1.29, 1.82) is 5.26 Å². The molecule has 0 radical (unpaired) electrons. The molecule has 5 heterocycles. The highest BCUT2D eigenvalue weighted by atomic mass is 32.2. The number of ether oxygens (including phenoxy) is 2. The number of piperazine rings is 1. The molecule has 24 heteroatoms. The van der Waals surface area contributed by atoms with E-state index in [4.69, 9.17) is 24.5 Å². The molecule has 1 fully saturated rings. The van der Waals surface area contributed by atoms with E-state index in [9.17, 15) is 41.2 Å². The lowest BCUT2D eigenvalue weighted by Crippen LogP contribution is -2.56. The number of aromatic nitrogens is 4. The summed E-state index contributed by atoms with van der Waals surface area (Å²) in [5.74, 6) is 0.0881. The molecule has 18 nitrogen and oxygen atoms in total. The molecule has 0 aliphatic carbocycles. The molecular weight excluding hydrogens is 868 g/mol. The first kappa shape index (κ1) is 46.8. The van der Waals surface area contributed by atoms with Gasteiger partial charge in [-0.15, -0.1) is 0 Å². The molecule has 1 N–H and O–H groups in total. The molecule has 0 spiro atoms. The van der Waals surface area contributed by atoms with E-state index in [1.165, 1.54) is 18.0 Å². The predicted molar refractivity (Wildman–Crippen MR) is 215 cm³/mol. The van der Waals surface area contributed by atoms with Crippen LogP contribution in [0.4, 0.5) is 33.4 Å². The highest BCUT2D eigenvalue weighted by Crippen LogP contribution is 2.34. The molecule has 0 saturated carbocycles. The zero-order chi connectivity index (χ0) is 44.7. The summed E-state index contributed by atoms with van der Waals surface area (Å²) in [7, 11) is -5.87. The Morgan fingerprint density at radius 1 is 0.885 bits per heavy atom. The lowest BCUT2D eigenvalue weighted by molar-refractivity contribution is -0.0502. The van der Waals surface area contributed by atoms with Crippen LogP contribution in [-0.2, 0) is 52.1 Å². The van der Waals surface area contributed by atoms with Crippen molar-refractivity contribution in [2.75, 3.05) is 50.1 Å². The first-order chi connectivity index (χ1) is 28.7. The van der Waals surface area contributed by atoms with E-state index in [1.54, 1.807) is 9.80 Å². The monoisotopic (exact) mass is 911 g/mol. The zero-order valence-electron chi connectivity index (χ0n) is 33.8. The molecule has 61 heavy (non-hydrogen) atoms. The number of carboxylic acid groups (broad SMARTS) is 1. The molecular formula is C37H44F3N9O9S3. The van der Waals surface area contributed by atoms with Gasteiger partial charge in [-0.1, -0.05) is 53.9 Å². The number of carbonyl (C=O) groups excluding carboxylic acids is 2. The summed E-state index contributed by atoms with van der Waals surface area (Å²) in [6.45, 7) is 7.79. The van der Waals surface area contributed by atoms with Crippen molar-refractivity contribution >= 4 is 57.7 Å². The minimum atomic E-state index is -5.87. The number of amides is 3. The predicted octanol–water partition coefficient (Wildman–Crippen LogP) is 5.70. The molecule has 3 amide bonds.